The third kappa shape index (κ3) is 3.82. The summed E-state index contributed by atoms with van der Waals surface area (Å²) in [5, 5.41) is 14.0. The fourth-order valence-electron chi connectivity index (χ4n) is 1.82. The summed E-state index contributed by atoms with van der Waals surface area (Å²) >= 11 is 6.22. The number of rotatable bonds is 3. The van der Waals surface area contributed by atoms with Crippen molar-refractivity contribution in [1.82, 2.24) is 10.2 Å². The minimum Gasteiger partial charge on any atom is -0.453 e. The number of carbonyl (C=O) groups excluding carboxylic acids is 1. The van der Waals surface area contributed by atoms with Gasteiger partial charge in [-0.15, -0.1) is 10.2 Å². The maximum atomic E-state index is 11.0. The van der Waals surface area contributed by atoms with E-state index in [2.05, 4.69) is 25.6 Å². The number of carbonyl (C=O) groups is 1. The molecule has 7 heteroatoms. The van der Waals surface area contributed by atoms with E-state index < -0.39 is 6.09 Å². The highest BCUT2D eigenvalue weighted by atomic mass is 35.5. The molecule has 0 atom stereocenters. The van der Waals surface area contributed by atoms with Crippen molar-refractivity contribution in [3.8, 4) is 0 Å². The number of hydrogen-bond donors (Lipinski definition) is 2. The first-order valence-corrected chi connectivity index (χ1v) is 6.60. The van der Waals surface area contributed by atoms with Gasteiger partial charge in [0.2, 0.25) is 0 Å². The Balaban J connectivity index is 2.16. The molecule has 0 radical (unpaired) electrons. The molecule has 0 aliphatic carbocycles. The maximum absolute atomic E-state index is 11.0. The average Bonchev–Trinajstić information content (AvgIpc) is 2.44. The minimum absolute atomic E-state index is 0.305. The molecule has 1 heterocycles. The van der Waals surface area contributed by atoms with Gasteiger partial charge in [-0.3, -0.25) is 5.32 Å². The van der Waals surface area contributed by atoms with E-state index in [0.29, 0.717) is 16.7 Å². The summed E-state index contributed by atoms with van der Waals surface area (Å²) in [5.41, 5.74) is 2.88. The van der Waals surface area contributed by atoms with Crippen LogP contribution in [-0.2, 0) is 4.74 Å². The molecule has 6 nitrogen and oxygen atoms in total. The van der Waals surface area contributed by atoms with Crippen LogP contribution < -0.4 is 10.6 Å². The largest absolute Gasteiger partial charge is 0.453 e. The lowest BCUT2D eigenvalue weighted by molar-refractivity contribution is 0.187. The van der Waals surface area contributed by atoms with Crippen molar-refractivity contribution in [1.29, 1.82) is 0 Å². The number of ether oxygens (including phenoxy) is 1. The van der Waals surface area contributed by atoms with E-state index in [1.165, 1.54) is 7.11 Å². The summed E-state index contributed by atoms with van der Waals surface area (Å²) in [6.45, 7) is 3.94. The molecular weight excluding hydrogens is 292 g/mol. The number of halogens is 1. The van der Waals surface area contributed by atoms with Crippen molar-refractivity contribution < 1.29 is 9.53 Å². The number of amides is 1. The Morgan fingerprint density at radius 3 is 2.43 bits per heavy atom. The van der Waals surface area contributed by atoms with Crippen molar-refractivity contribution in [3.63, 3.8) is 0 Å². The Morgan fingerprint density at radius 2 is 1.86 bits per heavy atom. The van der Waals surface area contributed by atoms with Gasteiger partial charge in [0, 0.05) is 0 Å². The molecule has 21 heavy (non-hydrogen) atoms. The van der Waals surface area contributed by atoms with Gasteiger partial charge in [0.1, 0.15) is 0 Å². The van der Waals surface area contributed by atoms with Crippen LogP contribution in [0.4, 0.5) is 22.1 Å². The summed E-state index contributed by atoms with van der Waals surface area (Å²) in [5.74, 6) is 0.832. The number of nitrogens with zero attached hydrogens (tertiary/aromatic N) is 2. The van der Waals surface area contributed by atoms with E-state index in [1.807, 2.05) is 26.0 Å². The van der Waals surface area contributed by atoms with Crippen LogP contribution in [0.25, 0.3) is 0 Å². The molecule has 0 aliphatic heterocycles. The Kier molecular flexibility index (Phi) is 4.59. The standard InChI is InChI=1S/C14H15ClN4O2/c1-8-6-9(2)13(10(15)7-8)16-11-4-5-12(19-18-11)17-14(20)21-3/h4-7H,1-3H3,(H,16,18)(H,17,19,20). The van der Waals surface area contributed by atoms with Crippen LogP contribution in [0, 0.1) is 13.8 Å². The molecule has 0 saturated heterocycles. The number of benzene rings is 1. The summed E-state index contributed by atoms with van der Waals surface area (Å²) in [7, 11) is 1.28. The predicted molar refractivity (Wildman–Crippen MR) is 82.3 cm³/mol. The summed E-state index contributed by atoms with van der Waals surface area (Å²) < 4.78 is 4.47. The number of methoxy groups -OCH3 is 1. The van der Waals surface area contributed by atoms with Crippen molar-refractivity contribution >= 4 is 35.0 Å². The van der Waals surface area contributed by atoms with Crippen LogP contribution in [0.1, 0.15) is 11.1 Å². The smallest absolute Gasteiger partial charge is 0.412 e. The van der Waals surface area contributed by atoms with Gasteiger partial charge >= 0.3 is 6.09 Å². The van der Waals surface area contributed by atoms with Crippen molar-refractivity contribution in [2.75, 3.05) is 17.7 Å². The highest BCUT2D eigenvalue weighted by molar-refractivity contribution is 6.33. The molecule has 0 bridgehead atoms. The zero-order valence-electron chi connectivity index (χ0n) is 11.9. The minimum atomic E-state index is -0.595. The van der Waals surface area contributed by atoms with Gasteiger partial charge in [0.05, 0.1) is 17.8 Å². The molecule has 2 N–H and O–H groups in total. The van der Waals surface area contributed by atoms with Crippen LogP contribution in [0.2, 0.25) is 5.02 Å². The molecule has 1 aromatic carbocycles. The average molecular weight is 307 g/mol. The highest BCUT2D eigenvalue weighted by Crippen LogP contribution is 2.29. The normalized spacial score (nSPS) is 10.1. The molecular formula is C14H15ClN4O2. The molecule has 0 saturated carbocycles. The first-order valence-electron chi connectivity index (χ1n) is 6.22. The Labute approximate surface area is 127 Å². The van der Waals surface area contributed by atoms with E-state index in [0.717, 1.165) is 16.8 Å². The monoisotopic (exact) mass is 306 g/mol. The summed E-state index contributed by atoms with van der Waals surface area (Å²) in [6.07, 6.45) is -0.595. The maximum Gasteiger partial charge on any atom is 0.412 e. The second-order valence-corrected chi connectivity index (χ2v) is 4.89. The fraction of sp³-hybridized carbons (Fsp3) is 0.214. The van der Waals surface area contributed by atoms with E-state index >= 15 is 0 Å². The quantitative estimate of drug-likeness (QED) is 0.905. The first-order chi connectivity index (χ1) is 9.99. The van der Waals surface area contributed by atoms with E-state index in [1.54, 1.807) is 12.1 Å². The lowest BCUT2D eigenvalue weighted by Gasteiger charge is -2.11. The Bertz CT molecular complexity index is 636. The molecule has 0 unspecified atom stereocenters. The van der Waals surface area contributed by atoms with Crippen LogP contribution in [0.5, 0.6) is 0 Å². The summed E-state index contributed by atoms with van der Waals surface area (Å²) in [6, 6.07) is 7.20. The van der Waals surface area contributed by atoms with Crippen LogP contribution in [0.15, 0.2) is 24.3 Å². The number of aryl methyl sites for hydroxylation is 2. The Hall–Kier alpha value is -2.34. The summed E-state index contributed by atoms with van der Waals surface area (Å²) in [4.78, 5) is 11.0. The van der Waals surface area contributed by atoms with Crippen LogP contribution >= 0.6 is 11.6 Å². The lowest BCUT2D eigenvalue weighted by Crippen LogP contribution is -2.12. The van der Waals surface area contributed by atoms with Gasteiger partial charge in [0.15, 0.2) is 11.6 Å². The molecule has 110 valence electrons. The second kappa shape index (κ2) is 6.41. The fourth-order valence-corrected chi connectivity index (χ4v) is 2.19. The molecule has 2 aromatic rings. The molecule has 0 fully saturated rings. The van der Waals surface area contributed by atoms with Crippen LogP contribution in [-0.4, -0.2) is 23.4 Å². The molecule has 0 spiro atoms. The van der Waals surface area contributed by atoms with Crippen molar-refractivity contribution in [2.24, 2.45) is 0 Å². The first kappa shape index (κ1) is 15.1. The van der Waals surface area contributed by atoms with Gasteiger partial charge in [-0.2, -0.15) is 0 Å². The van der Waals surface area contributed by atoms with Gasteiger partial charge in [-0.05, 0) is 43.2 Å². The third-order valence-electron chi connectivity index (χ3n) is 2.76. The number of anilines is 3. The lowest BCUT2D eigenvalue weighted by atomic mass is 10.1. The topological polar surface area (TPSA) is 76.1 Å². The van der Waals surface area contributed by atoms with Crippen molar-refractivity contribution in [2.45, 2.75) is 13.8 Å². The molecule has 1 amide bonds. The Morgan fingerprint density at radius 1 is 1.19 bits per heavy atom. The van der Waals surface area contributed by atoms with Crippen molar-refractivity contribution in [3.05, 3.63) is 40.4 Å². The van der Waals surface area contributed by atoms with E-state index in [9.17, 15) is 4.79 Å². The van der Waals surface area contributed by atoms with Gasteiger partial charge in [-0.25, -0.2) is 4.79 Å². The van der Waals surface area contributed by atoms with E-state index in [4.69, 9.17) is 11.6 Å². The van der Waals surface area contributed by atoms with Gasteiger partial charge < -0.3 is 10.1 Å². The molecule has 1 aromatic heterocycles. The second-order valence-electron chi connectivity index (χ2n) is 4.48. The number of aromatic nitrogens is 2. The van der Waals surface area contributed by atoms with E-state index in [-0.39, 0.29) is 0 Å². The third-order valence-corrected chi connectivity index (χ3v) is 3.06. The zero-order valence-corrected chi connectivity index (χ0v) is 12.7. The van der Waals surface area contributed by atoms with Gasteiger partial charge in [-0.1, -0.05) is 17.7 Å². The molecule has 0 aliphatic rings. The SMILES string of the molecule is COC(=O)Nc1ccc(Nc2c(C)cc(C)cc2Cl)nn1. The predicted octanol–water partition coefficient (Wildman–Crippen LogP) is 3.67. The highest BCUT2D eigenvalue weighted by Gasteiger charge is 2.08. The zero-order chi connectivity index (χ0) is 15.4. The molecule has 2 rings (SSSR count). The number of hydrogen-bond acceptors (Lipinski definition) is 5. The van der Waals surface area contributed by atoms with Gasteiger partial charge in [0.25, 0.3) is 0 Å². The number of nitrogens with one attached hydrogen (secondary N) is 2. The van der Waals surface area contributed by atoms with Crippen LogP contribution in [0.3, 0.4) is 0 Å².